The standard InChI is InChI=1S/C22H37N3O4/c1-5-6-12-15-22(23-24-22)16-13-10-8-7-9-11-14-21(28)29-19(17-20(26)27)18-25(2,3)4/h1,19H,6-18H2,2-4H3/p+1/t19-/m1/s1. The molecule has 0 unspecified atom stereocenters. The molecule has 164 valence electrons. The number of unbranched alkanes of at least 4 members (excludes halogenated alkanes) is 6. The molecular weight excluding hydrogens is 370 g/mol. The fourth-order valence-corrected chi connectivity index (χ4v) is 3.45. The molecule has 0 bridgehead atoms. The minimum atomic E-state index is -0.944. The highest BCUT2D eigenvalue weighted by atomic mass is 16.5. The third-order valence-corrected chi connectivity index (χ3v) is 4.94. The zero-order valence-corrected chi connectivity index (χ0v) is 18.4. The second-order valence-electron chi connectivity index (χ2n) is 9.04. The van der Waals surface area contributed by atoms with Crippen LogP contribution in [0.5, 0.6) is 0 Å². The van der Waals surface area contributed by atoms with Gasteiger partial charge >= 0.3 is 11.9 Å². The van der Waals surface area contributed by atoms with Crippen LogP contribution in [-0.4, -0.2) is 61.0 Å². The van der Waals surface area contributed by atoms with Gasteiger partial charge in [0.05, 0.1) is 27.6 Å². The Morgan fingerprint density at radius 3 is 2.17 bits per heavy atom. The molecule has 1 heterocycles. The van der Waals surface area contributed by atoms with Gasteiger partial charge in [-0.05, 0) is 32.1 Å². The van der Waals surface area contributed by atoms with Crippen molar-refractivity contribution in [2.45, 2.75) is 88.8 Å². The van der Waals surface area contributed by atoms with E-state index < -0.39 is 12.1 Å². The third kappa shape index (κ3) is 13.0. The number of hydrogen-bond acceptors (Lipinski definition) is 5. The van der Waals surface area contributed by atoms with Crippen LogP contribution in [0.15, 0.2) is 10.2 Å². The normalized spacial score (nSPS) is 15.5. The molecule has 0 radical (unpaired) electrons. The Bertz CT molecular complexity index is 584. The Balaban J connectivity index is 2.06. The van der Waals surface area contributed by atoms with Crippen LogP contribution < -0.4 is 0 Å². The molecule has 0 fully saturated rings. The highest BCUT2D eigenvalue weighted by molar-refractivity contribution is 5.71. The Morgan fingerprint density at radius 1 is 1.03 bits per heavy atom. The van der Waals surface area contributed by atoms with E-state index in [9.17, 15) is 9.59 Å². The van der Waals surface area contributed by atoms with E-state index in [2.05, 4.69) is 16.1 Å². The second-order valence-corrected chi connectivity index (χ2v) is 9.04. The number of carbonyl (C=O) groups excluding carboxylic acids is 1. The van der Waals surface area contributed by atoms with Crippen LogP contribution in [0, 0.1) is 12.3 Å². The molecule has 1 aliphatic heterocycles. The molecule has 0 spiro atoms. The van der Waals surface area contributed by atoms with Gasteiger partial charge in [-0.2, -0.15) is 10.2 Å². The van der Waals surface area contributed by atoms with Crippen LogP contribution in [0.25, 0.3) is 0 Å². The molecule has 0 aromatic carbocycles. The van der Waals surface area contributed by atoms with E-state index in [0.717, 1.165) is 64.2 Å². The van der Waals surface area contributed by atoms with Crippen LogP contribution in [0.1, 0.15) is 77.0 Å². The fraction of sp³-hybridized carbons (Fsp3) is 0.818. The first-order valence-corrected chi connectivity index (χ1v) is 10.7. The van der Waals surface area contributed by atoms with Gasteiger partial charge in [-0.15, -0.1) is 12.3 Å². The molecule has 1 aliphatic rings. The van der Waals surface area contributed by atoms with Crippen molar-refractivity contribution in [1.29, 1.82) is 0 Å². The fourth-order valence-electron chi connectivity index (χ4n) is 3.45. The van der Waals surface area contributed by atoms with Gasteiger partial charge < -0.3 is 14.3 Å². The molecular formula is C22H38N3O4+. The summed E-state index contributed by atoms with van der Waals surface area (Å²) in [5.74, 6) is 1.42. The highest BCUT2D eigenvalue weighted by Crippen LogP contribution is 2.38. The third-order valence-electron chi connectivity index (χ3n) is 4.94. The van der Waals surface area contributed by atoms with Gasteiger partial charge in [0.2, 0.25) is 0 Å². The molecule has 7 nitrogen and oxygen atoms in total. The van der Waals surface area contributed by atoms with E-state index in [1.807, 2.05) is 21.1 Å². The summed E-state index contributed by atoms with van der Waals surface area (Å²) in [6.45, 7) is 0.487. The Hall–Kier alpha value is -1.94. The lowest BCUT2D eigenvalue weighted by atomic mass is 9.98. The largest absolute Gasteiger partial charge is 0.481 e. The molecule has 1 rings (SSSR count). The van der Waals surface area contributed by atoms with Gasteiger partial charge in [0, 0.05) is 12.8 Å². The number of hydrogen-bond donors (Lipinski definition) is 1. The maximum Gasteiger partial charge on any atom is 0.307 e. The summed E-state index contributed by atoms with van der Waals surface area (Å²) in [5.41, 5.74) is -0.126. The number of likely N-dealkylation sites (N-methyl/N-ethyl adjacent to an activating group) is 1. The average Bonchev–Trinajstić information content (AvgIpc) is 3.35. The lowest BCUT2D eigenvalue weighted by molar-refractivity contribution is -0.873. The molecule has 0 saturated carbocycles. The van der Waals surface area contributed by atoms with Gasteiger partial charge in [-0.1, -0.05) is 25.7 Å². The number of quaternary nitrogens is 1. The first-order valence-electron chi connectivity index (χ1n) is 10.7. The maximum absolute atomic E-state index is 12.0. The Kier molecular flexibility index (Phi) is 10.9. The number of nitrogens with zero attached hydrogens (tertiary/aromatic N) is 3. The minimum absolute atomic E-state index is 0.126. The summed E-state index contributed by atoms with van der Waals surface area (Å²) in [6.07, 6.45) is 14.9. The number of aliphatic carboxylic acids is 1. The van der Waals surface area contributed by atoms with E-state index in [4.69, 9.17) is 16.3 Å². The van der Waals surface area contributed by atoms with E-state index in [0.29, 0.717) is 17.4 Å². The molecule has 1 atom stereocenters. The topological polar surface area (TPSA) is 88.3 Å². The number of carbonyl (C=O) groups is 2. The number of terminal acetylenes is 1. The highest BCUT2D eigenvalue weighted by Gasteiger charge is 2.38. The van der Waals surface area contributed by atoms with E-state index in [-0.39, 0.29) is 18.1 Å². The minimum Gasteiger partial charge on any atom is -0.481 e. The van der Waals surface area contributed by atoms with Crippen molar-refractivity contribution in [2.24, 2.45) is 10.2 Å². The molecule has 0 saturated heterocycles. The van der Waals surface area contributed by atoms with E-state index in [1.165, 1.54) is 0 Å². The zero-order chi connectivity index (χ0) is 21.8. The number of carboxylic acid groups (broad SMARTS) is 1. The van der Waals surface area contributed by atoms with Gasteiger partial charge in [-0.3, -0.25) is 9.59 Å². The number of ether oxygens (including phenoxy) is 1. The summed E-state index contributed by atoms with van der Waals surface area (Å²) in [7, 11) is 5.86. The van der Waals surface area contributed by atoms with Crippen molar-refractivity contribution in [3.8, 4) is 12.3 Å². The molecule has 0 aromatic rings. The summed E-state index contributed by atoms with van der Waals surface area (Å²) in [5, 5.41) is 17.4. The summed E-state index contributed by atoms with van der Waals surface area (Å²) >= 11 is 0. The monoisotopic (exact) mass is 408 g/mol. The molecule has 0 aliphatic carbocycles. The lowest BCUT2D eigenvalue weighted by Crippen LogP contribution is -2.43. The SMILES string of the molecule is C#CCCCC1(CCCCCCCCC(=O)O[C@H](CC(=O)O)C[N+](C)(C)C)N=N1. The van der Waals surface area contributed by atoms with Crippen LogP contribution in [0.2, 0.25) is 0 Å². The Morgan fingerprint density at radius 2 is 1.62 bits per heavy atom. The summed E-state index contributed by atoms with van der Waals surface area (Å²) in [6, 6.07) is 0. The van der Waals surface area contributed by atoms with Crippen molar-refractivity contribution in [3.63, 3.8) is 0 Å². The molecule has 0 aromatic heterocycles. The van der Waals surface area contributed by atoms with Crippen molar-refractivity contribution in [3.05, 3.63) is 0 Å². The maximum atomic E-state index is 12.0. The number of carboxylic acids is 1. The molecule has 7 heteroatoms. The second kappa shape index (κ2) is 12.6. The first kappa shape index (κ1) is 25.1. The first-order chi connectivity index (χ1) is 13.7. The molecule has 1 N–H and O–H groups in total. The van der Waals surface area contributed by atoms with Gasteiger partial charge in [-0.25, -0.2) is 0 Å². The van der Waals surface area contributed by atoms with Crippen LogP contribution in [-0.2, 0) is 14.3 Å². The number of rotatable bonds is 17. The van der Waals surface area contributed by atoms with Gasteiger partial charge in [0.1, 0.15) is 6.54 Å². The smallest absolute Gasteiger partial charge is 0.307 e. The van der Waals surface area contributed by atoms with E-state index in [1.54, 1.807) is 0 Å². The van der Waals surface area contributed by atoms with Gasteiger partial charge in [0.25, 0.3) is 0 Å². The summed E-state index contributed by atoms with van der Waals surface area (Å²) < 4.78 is 5.95. The average molecular weight is 409 g/mol. The quantitative estimate of drug-likeness (QED) is 0.169. The van der Waals surface area contributed by atoms with Crippen molar-refractivity contribution >= 4 is 11.9 Å². The van der Waals surface area contributed by atoms with Crippen LogP contribution >= 0.6 is 0 Å². The summed E-state index contributed by atoms with van der Waals surface area (Å²) in [4.78, 5) is 23.0. The zero-order valence-electron chi connectivity index (χ0n) is 18.4. The van der Waals surface area contributed by atoms with Crippen molar-refractivity contribution < 1.29 is 23.9 Å². The van der Waals surface area contributed by atoms with Crippen LogP contribution in [0.3, 0.4) is 0 Å². The molecule has 29 heavy (non-hydrogen) atoms. The van der Waals surface area contributed by atoms with Gasteiger partial charge in [0.15, 0.2) is 11.8 Å². The predicted molar refractivity (Wildman–Crippen MR) is 112 cm³/mol. The molecule has 0 amide bonds. The lowest BCUT2D eigenvalue weighted by Gasteiger charge is -2.28. The number of esters is 1. The predicted octanol–water partition coefficient (Wildman–Crippen LogP) is 4.17. The Labute approximate surface area is 175 Å². The van der Waals surface area contributed by atoms with Crippen molar-refractivity contribution in [1.82, 2.24) is 0 Å². The van der Waals surface area contributed by atoms with E-state index >= 15 is 0 Å². The van der Waals surface area contributed by atoms with Crippen molar-refractivity contribution in [2.75, 3.05) is 27.7 Å². The van der Waals surface area contributed by atoms with Crippen LogP contribution in [0.4, 0.5) is 0 Å².